The first-order chi connectivity index (χ1) is 6.43. The second-order valence-electron chi connectivity index (χ2n) is 3.72. The fourth-order valence-electron chi connectivity index (χ4n) is 0.707. The molecule has 0 heterocycles. The Morgan fingerprint density at radius 2 is 2.14 bits per heavy atom. The third kappa shape index (κ3) is 4.99. The van der Waals surface area contributed by atoms with Crippen LogP contribution in [0.25, 0.3) is 0 Å². The zero-order chi connectivity index (χ0) is 11.2. The van der Waals surface area contributed by atoms with E-state index in [1.54, 1.807) is 6.92 Å². The van der Waals surface area contributed by atoms with Gasteiger partial charge in [0.05, 0.1) is 13.2 Å². The molecular weight excluding hydrogens is 182 g/mol. The molecule has 0 unspecified atom stereocenters. The third-order valence-electron chi connectivity index (χ3n) is 1.74. The van der Waals surface area contributed by atoms with Gasteiger partial charge in [-0.25, -0.2) is 4.79 Å². The van der Waals surface area contributed by atoms with E-state index >= 15 is 0 Å². The van der Waals surface area contributed by atoms with Crippen molar-refractivity contribution in [3.63, 3.8) is 0 Å². The molecule has 0 aromatic rings. The standard InChI is InChI=1S/C10H19NO3/c1-5-14-9(13)8(2)6-11-10(3,4)7-12/h11-12H,2,5-7H2,1,3-4H3. The summed E-state index contributed by atoms with van der Waals surface area (Å²) in [6, 6.07) is 0. The highest BCUT2D eigenvalue weighted by molar-refractivity contribution is 5.88. The molecule has 0 saturated heterocycles. The molecule has 0 aromatic carbocycles. The normalized spacial score (nSPS) is 11.1. The Kier molecular flexibility index (Phi) is 5.42. The average molecular weight is 201 g/mol. The second-order valence-corrected chi connectivity index (χ2v) is 3.72. The highest BCUT2D eigenvalue weighted by Gasteiger charge is 2.17. The molecule has 0 atom stereocenters. The van der Waals surface area contributed by atoms with E-state index in [2.05, 4.69) is 11.9 Å². The van der Waals surface area contributed by atoms with E-state index in [9.17, 15) is 4.79 Å². The van der Waals surface area contributed by atoms with Crippen molar-refractivity contribution in [3.8, 4) is 0 Å². The lowest BCUT2D eigenvalue weighted by Gasteiger charge is -2.23. The topological polar surface area (TPSA) is 58.6 Å². The van der Waals surface area contributed by atoms with Crippen molar-refractivity contribution in [2.45, 2.75) is 26.3 Å². The van der Waals surface area contributed by atoms with Gasteiger partial charge < -0.3 is 15.2 Å². The zero-order valence-electron chi connectivity index (χ0n) is 9.09. The van der Waals surface area contributed by atoms with E-state index in [-0.39, 0.29) is 6.61 Å². The molecule has 0 aliphatic heterocycles. The van der Waals surface area contributed by atoms with Crippen LogP contribution in [0, 0.1) is 0 Å². The van der Waals surface area contributed by atoms with E-state index in [0.717, 1.165) is 0 Å². The Labute approximate surface area is 85.0 Å². The van der Waals surface area contributed by atoms with Crippen LogP contribution in [0.15, 0.2) is 12.2 Å². The third-order valence-corrected chi connectivity index (χ3v) is 1.74. The molecule has 0 bridgehead atoms. The van der Waals surface area contributed by atoms with E-state index in [4.69, 9.17) is 9.84 Å². The Bertz CT molecular complexity index is 211. The maximum atomic E-state index is 11.1. The predicted octanol–water partition coefficient (Wildman–Crippen LogP) is 0.466. The molecule has 14 heavy (non-hydrogen) atoms. The fourth-order valence-corrected chi connectivity index (χ4v) is 0.707. The Hall–Kier alpha value is -0.870. The van der Waals surface area contributed by atoms with Crippen molar-refractivity contribution in [2.75, 3.05) is 19.8 Å². The minimum Gasteiger partial charge on any atom is -0.463 e. The summed E-state index contributed by atoms with van der Waals surface area (Å²) in [4.78, 5) is 11.1. The molecule has 0 aliphatic rings. The molecule has 4 nitrogen and oxygen atoms in total. The van der Waals surface area contributed by atoms with Crippen molar-refractivity contribution in [2.24, 2.45) is 0 Å². The molecule has 0 radical (unpaired) electrons. The van der Waals surface area contributed by atoms with Crippen LogP contribution >= 0.6 is 0 Å². The first-order valence-corrected chi connectivity index (χ1v) is 4.63. The van der Waals surface area contributed by atoms with Gasteiger partial charge in [-0.15, -0.1) is 0 Å². The smallest absolute Gasteiger partial charge is 0.334 e. The maximum Gasteiger partial charge on any atom is 0.334 e. The largest absolute Gasteiger partial charge is 0.463 e. The summed E-state index contributed by atoms with van der Waals surface area (Å²) in [5.74, 6) is -0.395. The number of esters is 1. The van der Waals surface area contributed by atoms with Crippen LogP contribution in [0.2, 0.25) is 0 Å². The highest BCUT2D eigenvalue weighted by Crippen LogP contribution is 2.01. The lowest BCUT2D eigenvalue weighted by Crippen LogP contribution is -2.44. The number of carbonyl (C=O) groups excluding carboxylic acids is 1. The van der Waals surface area contributed by atoms with Crippen LogP contribution in [0.4, 0.5) is 0 Å². The Morgan fingerprint density at radius 1 is 1.57 bits per heavy atom. The lowest BCUT2D eigenvalue weighted by molar-refractivity contribution is -0.138. The van der Waals surface area contributed by atoms with Gasteiger partial charge in [-0.2, -0.15) is 0 Å². The number of rotatable bonds is 6. The van der Waals surface area contributed by atoms with Crippen LogP contribution in [0.3, 0.4) is 0 Å². The van der Waals surface area contributed by atoms with Crippen LogP contribution in [-0.4, -0.2) is 36.4 Å². The maximum absolute atomic E-state index is 11.1. The first kappa shape index (κ1) is 13.1. The Balaban J connectivity index is 3.91. The van der Waals surface area contributed by atoms with Crippen molar-refractivity contribution in [3.05, 3.63) is 12.2 Å². The zero-order valence-corrected chi connectivity index (χ0v) is 9.09. The minimum absolute atomic E-state index is 0.00308. The molecular formula is C10H19NO3. The molecule has 0 rings (SSSR count). The van der Waals surface area contributed by atoms with Gasteiger partial charge in [0, 0.05) is 17.7 Å². The molecule has 0 amide bonds. The number of hydrogen-bond acceptors (Lipinski definition) is 4. The summed E-state index contributed by atoms with van der Waals surface area (Å²) < 4.78 is 4.76. The average Bonchev–Trinajstić information content (AvgIpc) is 2.15. The van der Waals surface area contributed by atoms with Gasteiger partial charge in [0.25, 0.3) is 0 Å². The summed E-state index contributed by atoms with van der Waals surface area (Å²) in [5.41, 5.74) is -0.0384. The van der Waals surface area contributed by atoms with Gasteiger partial charge in [-0.3, -0.25) is 0 Å². The first-order valence-electron chi connectivity index (χ1n) is 4.63. The molecule has 4 heteroatoms. The highest BCUT2D eigenvalue weighted by atomic mass is 16.5. The molecule has 0 saturated carbocycles. The predicted molar refractivity (Wildman–Crippen MR) is 54.9 cm³/mol. The Morgan fingerprint density at radius 3 is 2.57 bits per heavy atom. The summed E-state index contributed by atoms with van der Waals surface area (Å²) in [6.07, 6.45) is 0. The van der Waals surface area contributed by atoms with E-state index in [1.165, 1.54) is 0 Å². The van der Waals surface area contributed by atoms with Gasteiger partial charge in [-0.1, -0.05) is 6.58 Å². The SMILES string of the molecule is C=C(CNC(C)(C)CO)C(=O)OCC. The number of nitrogens with one attached hydrogen (secondary N) is 1. The second kappa shape index (κ2) is 5.78. The van der Waals surface area contributed by atoms with Gasteiger partial charge in [0.2, 0.25) is 0 Å². The molecule has 0 aliphatic carbocycles. The van der Waals surface area contributed by atoms with Gasteiger partial charge in [0.1, 0.15) is 0 Å². The van der Waals surface area contributed by atoms with E-state index < -0.39 is 11.5 Å². The number of carbonyl (C=O) groups is 1. The minimum atomic E-state index is -0.407. The molecule has 82 valence electrons. The number of aliphatic hydroxyl groups is 1. The van der Waals surface area contributed by atoms with Crippen LogP contribution in [0.5, 0.6) is 0 Å². The van der Waals surface area contributed by atoms with Gasteiger partial charge in [0.15, 0.2) is 0 Å². The van der Waals surface area contributed by atoms with E-state index in [0.29, 0.717) is 18.7 Å². The van der Waals surface area contributed by atoms with Gasteiger partial charge >= 0.3 is 5.97 Å². The van der Waals surface area contributed by atoms with Gasteiger partial charge in [-0.05, 0) is 20.8 Å². The number of hydrogen-bond donors (Lipinski definition) is 2. The van der Waals surface area contributed by atoms with Crippen LogP contribution in [0.1, 0.15) is 20.8 Å². The van der Waals surface area contributed by atoms with Crippen molar-refractivity contribution >= 4 is 5.97 Å². The molecule has 0 spiro atoms. The molecule has 0 aromatic heterocycles. The number of ether oxygens (including phenoxy) is 1. The molecule has 0 fully saturated rings. The molecule has 2 N–H and O–H groups in total. The van der Waals surface area contributed by atoms with Crippen LogP contribution < -0.4 is 5.32 Å². The quantitative estimate of drug-likeness (QED) is 0.484. The van der Waals surface area contributed by atoms with E-state index in [1.807, 2.05) is 13.8 Å². The monoisotopic (exact) mass is 201 g/mol. The summed E-state index contributed by atoms with van der Waals surface area (Å²) in [5, 5.41) is 11.9. The van der Waals surface area contributed by atoms with Crippen molar-refractivity contribution in [1.29, 1.82) is 0 Å². The number of aliphatic hydroxyl groups excluding tert-OH is 1. The van der Waals surface area contributed by atoms with Crippen molar-refractivity contribution in [1.82, 2.24) is 5.32 Å². The van der Waals surface area contributed by atoms with Crippen LogP contribution in [-0.2, 0) is 9.53 Å². The fraction of sp³-hybridized carbons (Fsp3) is 0.700. The summed E-state index contributed by atoms with van der Waals surface area (Å²) >= 11 is 0. The lowest BCUT2D eigenvalue weighted by atomic mass is 10.1. The summed E-state index contributed by atoms with van der Waals surface area (Å²) in [6.45, 7) is 9.69. The summed E-state index contributed by atoms with van der Waals surface area (Å²) in [7, 11) is 0. The van der Waals surface area contributed by atoms with Crippen molar-refractivity contribution < 1.29 is 14.6 Å².